The number of hydrogen-bond acceptors (Lipinski definition) is 6. The zero-order chi connectivity index (χ0) is 17.4. The molecule has 1 aliphatic rings. The van der Waals surface area contributed by atoms with Crippen LogP contribution in [-0.4, -0.2) is 48.6 Å². The number of nitrogens with zero attached hydrogens (tertiary/aromatic N) is 5. The number of anilines is 1. The Morgan fingerprint density at radius 2 is 2.28 bits per heavy atom. The largest absolute Gasteiger partial charge is 0.482 e. The predicted octanol–water partition coefficient (Wildman–Crippen LogP) is 2.46. The Balaban J connectivity index is 1.75. The van der Waals surface area contributed by atoms with Gasteiger partial charge in [0, 0.05) is 17.8 Å². The third kappa shape index (κ3) is 3.13. The van der Waals surface area contributed by atoms with E-state index in [1.807, 2.05) is 0 Å². The fourth-order valence-corrected chi connectivity index (χ4v) is 2.74. The van der Waals surface area contributed by atoms with Gasteiger partial charge in [-0.05, 0) is 32.6 Å². The number of ether oxygens (including phenoxy) is 1. The Bertz CT molecular complexity index is 859. The lowest BCUT2D eigenvalue weighted by Crippen LogP contribution is -2.18. The zero-order valence-electron chi connectivity index (χ0n) is 14.1. The molecule has 0 radical (unpaired) electrons. The molecule has 0 bridgehead atoms. The van der Waals surface area contributed by atoms with E-state index in [1.54, 1.807) is 30.2 Å². The number of nitrogens with one attached hydrogen (secondary N) is 2. The Morgan fingerprint density at radius 1 is 1.44 bits per heavy atom. The van der Waals surface area contributed by atoms with Gasteiger partial charge in [-0.3, -0.25) is 5.10 Å². The summed E-state index contributed by atoms with van der Waals surface area (Å²) in [7, 11) is 0. The van der Waals surface area contributed by atoms with E-state index >= 15 is 0 Å². The maximum Gasteiger partial charge on any atom is 0.243 e. The van der Waals surface area contributed by atoms with Crippen molar-refractivity contribution in [3.05, 3.63) is 18.7 Å². The number of halogens is 1. The monoisotopic (exact) mass is 345 g/mol. The summed E-state index contributed by atoms with van der Waals surface area (Å²) in [4.78, 5) is 8.95. The third-order valence-corrected chi connectivity index (χ3v) is 4.34. The van der Waals surface area contributed by atoms with Crippen LogP contribution in [0.3, 0.4) is 0 Å². The first-order valence-electron chi connectivity index (χ1n) is 8.39. The standard InChI is InChI=1S/C16H20FN7O/c1-9(5-17)25-14-13(12-6-19-20-7-12)18-8-24-15(14)22-16(23-24)21-10(2)11-3-4-11/h6-11H,3-5H2,1-2H3,(H,19,20)(H,21,23)/t9-,10+/m0/s1. The van der Waals surface area contributed by atoms with Crippen LogP contribution in [0.15, 0.2) is 18.7 Å². The Hall–Kier alpha value is -2.71. The summed E-state index contributed by atoms with van der Waals surface area (Å²) in [5, 5.41) is 14.4. The summed E-state index contributed by atoms with van der Waals surface area (Å²) in [5.41, 5.74) is 1.79. The summed E-state index contributed by atoms with van der Waals surface area (Å²) in [6.45, 7) is 3.18. The Kier molecular flexibility index (Phi) is 3.98. The van der Waals surface area contributed by atoms with E-state index in [0.29, 0.717) is 35.0 Å². The minimum Gasteiger partial charge on any atom is -0.482 e. The molecule has 0 saturated heterocycles. The fraction of sp³-hybridized carbons (Fsp3) is 0.500. The molecule has 0 aromatic carbocycles. The maximum absolute atomic E-state index is 13.0. The van der Waals surface area contributed by atoms with Crippen molar-refractivity contribution < 1.29 is 9.13 Å². The molecule has 2 atom stereocenters. The van der Waals surface area contributed by atoms with E-state index < -0.39 is 12.8 Å². The molecule has 1 aliphatic carbocycles. The molecule has 4 rings (SSSR count). The van der Waals surface area contributed by atoms with Gasteiger partial charge in [0.05, 0.1) is 6.20 Å². The average molecular weight is 345 g/mol. The van der Waals surface area contributed by atoms with Crippen LogP contribution in [0, 0.1) is 5.92 Å². The van der Waals surface area contributed by atoms with Gasteiger partial charge in [-0.15, -0.1) is 5.10 Å². The minimum atomic E-state index is -0.614. The molecule has 0 amide bonds. The summed E-state index contributed by atoms with van der Waals surface area (Å²) in [6, 6.07) is 0.313. The minimum absolute atomic E-state index is 0.313. The molecule has 3 heterocycles. The lowest BCUT2D eigenvalue weighted by atomic mass is 10.2. The van der Waals surface area contributed by atoms with Crippen molar-refractivity contribution in [1.82, 2.24) is 29.8 Å². The van der Waals surface area contributed by atoms with Crippen LogP contribution in [0.4, 0.5) is 10.3 Å². The molecule has 0 unspecified atom stereocenters. The van der Waals surface area contributed by atoms with Crippen LogP contribution in [-0.2, 0) is 0 Å². The van der Waals surface area contributed by atoms with Crippen LogP contribution < -0.4 is 10.1 Å². The molecule has 0 aliphatic heterocycles. The molecule has 1 fully saturated rings. The topological polar surface area (TPSA) is 93.0 Å². The number of alkyl halides is 1. The quantitative estimate of drug-likeness (QED) is 0.683. The second-order valence-corrected chi connectivity index (χ2v) is 6.47. The van der Waals surface area contributed by atoms with E-state index in [1.165, 1.54) is 12.8 Å². The van der Waals surface area contributed by atoms with Crippen molar-refractivity contribution in [3.63, 3.8) is 0 Å². The van der Waals surface area contributed by atoms with Crippen molar-refractivity contribution in [3.8, 4) is 17.0 Å². The Morgan fingerprint density at radius 3 is 2.96 bits per heavy atom. The third-order valence-electron chi connectivity index (χ3n) is 4.34. The maximum atomic E-state index is 13.0. The number of aromatic amines is 1. The molecule has 8 nitrogen and oxygen atoms in total. The number of H-pyrrole nitrogens is 1. The van der Waals surface area contributed by atoms with Crippen LogP contribution in [0.2, 0.25) is 0 Å². The van der Waals surface area contributed by atoms with Crippen molar-refractivity contribution >= 4 is 11.6 Å². The molecular weight excluding hydrogens is 325 g/mol. The smallest absolute Gasteiger partial charge is 0.243 e. The first-order valence-corrected chi connectivity index (χ1v) is 8.39. The Labute approximate surface area is 143 Å². The highest BCUT2D eigenvalue weighted by atomic mass is 19.1. The average Bonchev–Trinajstić information content (AvgIpc) is 3.16. The molecule has 0 spiro atoms. The molecular formula is C16H20FN7O. The van der Waals surface area contributed by atoms with Crippen LogP contribution in [0.1, 0.15) is 26.7 Å². The number of aromatic nitrogens is 6. The zero-order valence-corrected chi connectivity index (χ0v) is 14.1. The van der Waals surface area contributed by atoms with E-state index in [0.717, 1.165) is 5.56 Å². The summed E-state index contributed by atoms with van der Waals surface area (Å²) < 4.78 is 20.3. The van der Waals surface area contributed by atoms with Gasteiger partial charge >= 0.3 is 0 Å². The molecule has 3 aromatic rings. The normalized spacial score (nSPS) is 16.8. The lowest BCUT2D eigenvalue weighted by Gasteiger charge is -2.14. The second-order valence-electron chi connectivity index (χ2n) is 6.47. The van der Waals surface area contributed by atoms with Gasteiger partial charge in [-0.1, -0.05) is 0 Å². The van der Waals surface area contributed by atoms with Crippen LogP contribution >= 0.6 is 0 Å². The van der Waals surface area contributed by atoms with Crippen molar-refractivity contribution in [2.45, 2.75) is 38.8 Å². The molecule has 25 heavy (non-hydrogen) atoms. The SMILES string of the molecule is C[C@@H](CF)Oc1c(-c2cn[nH]c2)ncn2nc(N[C@H](C)C3CC3)nc12. The highest BCUT2D eigenvalue weighted by Crippen LogP contribution is 2.35. The predicted molar refractivity (Wildman–Crippen MR) is 90.2 cm³/mol. The van der Waals surface area contributed by atoms with Gasteiger partial charge < -0.3 is 10.1 Å². The van der Waals surface area contributed by atoms with Gasteiger partial charge in [-0.25, -0.2) is 9.37 Å². The molecule has 1 saturated carbocycles. The van der Waals surface area contributed by atoms with Crippen LogP contribution in [0.5, 0.6) is 5.75 Å². The summed E-state index contributed by atoms with van der Waals surface area (Å²) in [6.07, 6.45) is 6.77. The van der Waals surface area contributed by atoms with Gasteiger partial charge in [0.25, 0.3) is 0 Å². The first-order chi connectivity index (χ1) is 12.2. The van der Waals surface area contributed by atoms with Crippen molar-refractivity contribution in [2.75, 3.05) is 12.0 Å². The van der Waals surface area contributed by atoms with Gasteiger partial charge in [0.15, 0.2) is 5.75 Å². The van der Waals surface area contributed by atoms with E-state index in [9.17, 15) is 4.39 Å². The van der Waals surface area contributed by atoms with E-state index in [2.05, 4.69) is 37.5 Å². The molecule has 132 valence electrons. The van der Waals surface area contributed by atoms with Gasteiger partial charge in [0.1, 0.15) is 24.8 Å². The number of fused-ring (bicyclic) bond motifs is 1. The van der Waals surface area contributed by atoms with Crippen molar-refractivity contribution in [2.24, 2.45) is 5.92 Å². The highest BCUT2D eigenvalue weighted by molar-refractivity contribution is 5.73. The molecule has 3 aromatic heterocycles. The first kappa shape index (κ1) is 15.8. The second kappa shape index (κ2) is 6.30. The van der Waals surface area contributed by atoms with Crippen molar-refractivity contribution in [1.29, 1.82) is 0 Å². The summed E-state index contributed by atoms with van der Waals surface area (Å²) in [5.74, 6) is 1.59. The molecule has 9 heteroatoms. The van der Waals surface area contributed by atoms with Crippen LogP contribution in [0.25, 0.3) is 16.9 Å². The number of rotatable bonds is 7. The van der Waals surface area contributed by atoms with E-state index in [4.69, 9.17) is 4.74 Å². The number of hydrogen-bond donors (Lipinski definition) is 2. The molecule has 2 N–H and O–H groups in total. The lowest BCUT2D eigenvalue weighted by molar-refractivity contribution is 0.183. The van der Waals surface area contributed by atoms with E-state index in [-0.39, 0.29) is 0 Å². The fourth-order valence-electron chi connectivity index (χ4n) is 2.74. The van der Waals surface area contributed by atoms with Gasteiger partial charge in [0.2, 0.25) is 11.6 Å². The highest BCUT2D eigenvalue weighted by Gasteiger charge is 2.29. The summed E-state index contributed by atoms with van der Waals surface area (Å²) >= 11 is 0. The van der Waals surface area contributed by atoms with Gasteiger partial charge in [-0.2, -0.15) is 14.6 Å².